The normalized spacial score (nSPS) is 10.8. The molecule has 0 aliphatic heterocycles. The molecule has 8 heteroatoms. The van der Waals surface area contributed by atoms with Gasteiger partial charge in [-0.05, 0) is 41.3 Å². The highest BCUT2D eigenvalue weighted by Gasteiger charge is 2.18. The van der Waals surface area contributed by atoms with Crippen LogP contribution in [0.5, 0.6) is 0 Å². The van der Waals surface area contributed by atoms with Gasteiger partial charge in [0.15, 0.2) is 0 Å². The van der Waals surface area contributed by atoms with Gasteiger partial charge < -0.3 is 9.57 Å². The topological polar surface area (TPSA) is 98.8 Å². The van der Waals surface area contributed by atoms with Gasteiger partial charge >= 0.3 is 11.9 Å². The average Bonchev–Trinajstić information content (AvgIpc) is 2.60. The maximum absolute atomic E-state index is 12.0. The molecule has 23 heavy (non-hydrogen) atoms. The third-order valence-corrected chi connectivity index (χ3v) is 4.03. The van der Waals surface area contributed by atoms with Crippen molar-refractivity contribution in [3.05, 3.63) is 65.7 Å². The van der Waals surface area contributed by atoms with Crippen LogP contribution in [0, 0.1) is 0 Å². The molecule has 120 valence electrons. The predicted molar refractivity (Wildman–Crippen MR) is 80.0 cm³/mol. The summed E-state index contributed by atoms with van der Waals surface area (Å²) in [7, 11) is -2.84. The summed E-state index contributed by atoms with van der Waals surface area (Å²) in [6, 6.07) is 12.9. The van der Waals surface area contributed by atoms with Crippen LogP contribution in [0.4, 0.5) is 0 Å². The van der Waals surface area contributed by atoms with Crippen LogP contribution in [0.25, 0.3) is 0 Å². The number of sulfonamides is 1. The van der Waals surface area contributed by atoms with Gasteiger partial charge in [0.2, 0.25) is 0 Å². The molecule has 0 aromatic heterocycles. The number of methoxy groups -OCH3 is 1. The number of nitrogens with one attached hydrogen (secondary N) is 1. The maximum atomic E-state index is 12.0. The van der Waals surface area contributed by atoms with Crippen LogP contribution < -0.4 is 4.89 Å². The summed E-state index contributed by atoms with van der Waals surface area (Å²) < 4.78 is 28.5. The zero-order valence-corrected chi connectivity index (χ0v) is 12.9. The van der Waals surface area contributed by atoms with E-state index in [2.05, 4.69) is 9.57 Å². The van der Waals surface area contributed by atoms with Crippen molar-refractivity contribution < 1.29 is 27.6 Å². The molecule has 0 aliphatic carbocycles. The molecular formula is C15H13NO6S. The number of esters is 1. The molecule has 0 bridgehead atoms. The molecule has 1 N–H and O–H groups in total. The molecule has 0 radical (unpaired) electrons. The second-order valence-electron chi connectivity index (χ2n) is 4.36. The zero-order chi connectivity index (χ0) is 16.9. The molecule has 2 aromatic carbocycles. The van der Waals surface area contributed by atoms with E-state index in [9.17, 15) is 18.0 Å². The number of carbonyl (C=O) groups excluding carboxylic acids is 2. The predicted octanol–water partition coefficient (Wildman–Crippen LogP) is 1.52. The fourth-order valence-electron chi connectivity index (χ4n) is 1.66. The molecule has 0 fully saturated rings. The van der Waals surface area contributed by atoms with Gasteiger partial charge in [-0.2, -0.15) is 0 Å². The van der Waals surface area contributed by atoms with Crippen molar-refractivity contribution in [3.63, 3.8) is 0 Å². The van der Waals surface area contributed by atoms with Crippen LogP contribution in [0.3, 0.4) is 0 Å². The summed E-state index contributed by atoms with van der Waals surface area (Å²) in [6.07, 6.45) is 0. The number of hydrogen-bond donors (Lipinski definition) is 1. The number of ether oxygens (including phenoxy) is 1. The molecule has 0 saturated heterocycles. The smallest absolute Gasteiger partial charge is 0.357 e. The highest BCUT2D eigenvalue weighted by Crippen LogP contribution is 2.11. The van der Waals surface area contributed by atoms with E-state index < -0.39 is 22.0 Å². The van der Waals surface area contributed by atoms with Crippen molar-refractivity contribution in [1.82, 2.24) is 4.89 Å². The molecule has 0 amide bonds. The number of benzene rings is 2. The van der Waals surface area contributed by atoms with Gasteiger partial charge in [-0.1, -0.05) is 18.2 Å². The summed E-state index contributed by atoms with van der Waals surface area (Å²) in [5.41, 5.74) is 0.406. The van der Waals surface area contributed by atoms with E-state index in [1.54, 1.807) is 23.1 Å². The number of carbonyl (C=O) groups is 2. The molecule has 0 atom stereocenters. The lowest BCUT2D eigenvalue weighted by Crippen LogP contribution is -2.27. The number of hydrogen-bond acceptors (Lipinski definition) is 6. The molecule has 0 aliphatic rings. The maximum Gasteiger partial charge on any atom is 0.357 e. The fourth-order valence-corrected chi connectivity index (χ4v) is 2.44. The largest absolute Gasteiger partial charge is 0.465 e. The van der Waals surface area contributed by atoms with Gasteiger partial charge in [0.1, 0.15) is 0 Å². The van der Waals surface area contributed by atoms with Gasteiger partial charge in [-0.15, -0.1) is 0 Å². The lowest BCUT2D eigenvalue weighted by Gasteiger charge is -2.07. The van der Waals surface area contributed by atoms with Crippen molar-refractivity contribution in [1.29, 1.82) is 0 Å². The van der Waals surface area contributed by atoms with Crippen molar-refractivity contribution in [2.24, 2.45) is 0 Å². The first-order chi connectivity index (χ1) is 10.9. The molecule has 0 spiro atoms. The molecule has 0 saturated carbocycles. The van der Waals surface area contributed by atoms with Gasteiger partial charge in [-0.3, -0.25) is 0 Å². The van der Waals surface area contributed by atoms with E-state index in [-0.39, 0.29) is 16.0 Å². The van der Waals surface area contributed by atoms with Crippen LogP contribution in [0.1, 0.15) is 20.7 Å². The Labute approximate surface area is 132 Å². The molecule has 7 nitrogen and oxygen atoms in total. The van der Waals surface area contributed by atoms with E-state index >= 15 is 0 Å². The van der Waals surface area contributed by atoms with E-state index in [0.717, 1.165) is 0 Å². The van der Waals surface area contributed by atoms with Gasteiger partial charge in [0, 0.05) is 0 Å². The van der Waals surface area contributed by atoms with Crippen LogP contribution in [0.2, 0.25) is 0 Å². The molecule has 0 unspecified atom stereocenters. The summed E-state index contributed by atoms with van der Waals surface area (Å²) in [6.45, 7) is 0. The Hall–Kier alpha value is -2.71. The molecular weight excluding hydrogens is 322 g/mol. The van der Waals surface area contributed by atoms with Crippen LogP contribution in [-0.4, -0.2) is 27.5 Å². The van der Waals surface area contributed by atoms with Crippen molar-refractivity contribution in [3.8, 4) is 0 Å². The van der Waals surface area contributed by atoms with E-state index in [1.807, 2.05) is 0 Å². The van der Waals surface area contributed by atoms with Crippen LogP contribution in [-0.2, 0) is 19.6 Å². The van der Waals surface area contributed by atoms with E-state index in [0.29, 0.717) is 0 Å². The summed E-state index contributed by atoms with van der Waals surface area (Å²) in [5, 5.41) is 0. The first-order valence-electron chi connectivity index (χ1n) is 6.40. The quantitative estimate of drug-likeness (QED) is 0.657. The van der Waals surface area contributed by atoms with E-state index in [4.69, 9.17) is 0 Å². The van der Waals surface area contributed by atoms with Crippen molar-refractivity contribution in [2.75, 3.05) is 7.11 Å². The van der Waals surface area contributed by atoms with Gasteiger partial charge in [0.25, 0.3) is 10.0 Å². The average molecular weight is 335 g/mol. The lowest BCUT2D eigenvalue weighted by molar-refractivity contribution is 0.0407. The summed E-state index contributed by atoms with van der Waals surface area (Å²) in [5.74, 6) is -1.42. The second-order valence-corrected chi connectivity index (χ2v) is 6.00. The van der Waals surface area contributed by atoms with Gasteiger partial charge in [0.05, 0.1) is 23.1 Å². The van der Waals surface area contributed by atoms with Crippen molar-refractivity contribution in [2.45, 2.75) is 4.90 Å². The first kappa shape index (κ1) is 16.7. The second kappa shape index (κ2) is 7.03. The standard InChI is InChI=1S/C15H13NO6S/c1-21-14(17)12-7-9-13(10-8-12)23(19,20)16-22-15(18)11-5-3-2-4-6-11/h2-10,16H,1H3. The summed E-state index contributed by atoms with van der Waals surface area (Å²) in [4.78, 5) is 29.1. The Morgan fingerprint density at radius 3 is 2.00 bits per heavy atom. The van der Waals surface area contributed by atoms with Gasteiger partial charge in [-0.25, -0.2) is 18.0 Å². The third-order valence-electron chi connectivity index (χ3n) is 2.84. The summed E-state index contributed by atoms with van der Waals surface area (Å²) >= 11 is 0. The minimum absolute atomic E-state index is 0.161. The van der Waals surface area contributed by atoms with Crippen molar-refractivity contribution >= 4 is 22.0 Å². The minimum atomic E-state index is -4.06. The first-order valence-corrected chi connectivity index (χ1v) is 7.89. The fraction of sp³-hybridized carbons (Fsp3) is 0.0667. The van der Waals surface area contributed by atoms with Crippen LogP contribution in [0.15, 0.2) is 59.5 Å². The Bertz CT molecular complexity index is 800. The zero-order valence-electron chi connectivity index (χ0n) is 12.1. The highest BCUT2D eigenvalue weighted by atomic mass is 32.2. The Kier molecular flexibility index (Phi) is 5.09. The molecule has 0 heterocycles. The molecule has 2 aromatic rings. The number of rotatable bonds is 5. The Morgan fingerprint density at radius 2 is 1.43 bits per heavy atom. The van der Waals surface area contributed by atoms with E-state index in [1.165, 1.54) is 43.5 Å². The molecule has 2 rings (SSSR count). The Balaban J connectivity index is 2.07. The highest BCUT2D eigenvalue weighted by molar-refractivity contribution is 7.89. The monoisotopic (exact) mass is 335 g/mol. The SMILES string of the molecule is COC(=O)c1ccc(S(=O)(=O)NOC(=O)c2ccccc2)cc1. The van der Waals surface area contributed by atoms with Crippen LogP contribution >= 0.6 is 0 Å². The minimum Gasteiger partial charge on any atom is -0.465 e. The Morgan fingerprint density at radius 1 is 0.870 bits per heavy atom. The lowest BCUT2D eigenvalue weighted by atomic mass is 10.2. The third kappa shape index (κ3) is 4.15.